The number of aromatic nitrogens is 3. The molecular formula is C23H31F2N5O2. The molecule has 9 heteroatoms. The van der Waals surface area contributed by atoms with Crippen molar-refractivity contribution >= 4 is 11.9 Å². The number of carbonyl (C=O) groups is 1. The summed E-state index contributed by atoms with van der Waals surface area (Å²) in [7, 11) is 0. The predicted octanol–water partition coefficient (Wildman–Crippen LogP) is 3.98. The van der Waals surface area contributed by atoms with Gasteiger partial charge in [0.25, 0.3) is 6.43 Å². The second kappa shape index (κ2) is 9.83. The second-order valence-electron chi connectivity index (χ2n) is 8.88. The van der Waals surface area contributed by atoms with Crippen molar-refractivity contribution in [1.29, 1.82) is 0 Å². The number of rotatable bonds is 7. The quantitative estimate of drug-likeness (QED) is 0.650. The summed E-state index contributed by atoms with van der Waals surface area (Å²) in [6.45, 7) is 5.85. The third-order valence-electron chi connectivity index (χ3n) is 6.49. The number of nitrogens with zero attached hydrogens (tertiary/aromatic N) is 4. The van der Waals surface area contributed by atoms with Crippen LogP contribution in [0.15, 0.2) is 24.5 Å². The zero-order valence-electron chi connectivity index (χ0n) is 18.6. The molecule has 0 spiro atoms. The molecule has 1 unspecified atom stereocenters. The van der Waals surface area contributed by atoms with Crippen LogP contribution in [-0.4, -0.2) is 57.7 Å². The molecule has 1 amide bonds. The van der Waals surface area contributed by atoms with Crippen molar-refractivity contribution in [2.75, 3.05) is 25.0 Å². The molecule has 1 aromatic heterocycles. The van der Waals surface area contributed by atoms with Crippen LogP contribution in [0.2, 0.25) is 0 Å². The summed E-state index contributed by atoms with van der Waals surface area (Å²) in [5.74, 6) is 1.46. The van der Waals surface area contributed by atoms with Gasteiger partial charge in [0, 0.05) is 25.6 Å². The minimum absolute atomic E-state index is 0.100. The lowest BCUT2D eigenvalue weighted by molar-refractivity contribution is -0.133. The molecule has 2 aliphatic rings. The number of aryl methyl sites for hydroxylation is 2. The van der Waals surface area contributed by atoms with Gasteiger partial charge in [-0.2, -0.15) is 10.1 Å². The van der Waals surface area contributed by atoms with Crippen LogP contribution in [0.1, 0.15) is 49.3 Å². The lowest BCUT2D eigenvalue weighted by Gasteiger charge is -2.40. The van der Waals surface area contributed by atoms with Gasteiger partial charge in [0.15, 0.2) is 0 Å². The highest BCUT2D eigenvalue weighted by atomic mass is 19.3. The number of hydrogen-bond donors (Lipinski definition) is 1. The van der Waals surface area contributed by atoms with Gasteiger partial charge in [-0.1, -0.05) is 17.7 Å². The molecule has 0 radical (unpaired) electrons. The lowest BCUT2D eigenvalue weighted by Crippen LogP contribution is -2.48. The smallest absolute Gasteiger partial charge is 0.260 e. The fourth-order valence-corrected chi connectivity index (χ4v) is 4.79. The van der Waals surface area contributed by atoms with Crippen LogP contribution in [0.3, 0.4) is 0 Å². The van der Waals surface area contributed by atoms with Crippen LogP contribution in [0, 0.1) is 19.8 Å². The first-order valence-corrected chi connectivity index (χ1v) is 11.3. The molecule has 174 valence electrons. The van der Waals surface area contributed by atoms with Crippen molar-refractivity contribution < 1.29 is 18.3 Å². The first-order chi connectivity index (χ1) is 15.4. The summed E-state index contributed by atoms with van der Waals surface area (Å²) < 4.78 is 34.3. The number of fused-ring (bicyclic) bond motifs is 1. The number of alkyl halides is 2. The van der Waals surface area contributed by atoms with Gasteiger partial charge in [-0.25, -0.2) is 13.5 Å². The van der Waals surface area contributed by atoms with Crippen LogP contribution < -0.4 is 10.1 Å². The topological polar surface area (TPSA) is 72.3 Å². The normalized spacial score (nSPS) is 23.0. The van der Waals surface area contributed by atoms with E-state index in [2.05, 4.69) is 21.5 Å². The first kappa shape index (κ1) is 22.5. The highest BCUT2D eigenvalue weighted by Gasteiger charge is 2.38. The van der Waals surface area contributed by atoms with Crippen molar-refractivity contribution in [2.45, 2.75) is 64.5 Å². The van der Waals surface area contributed by atoms with Crippen molar-refractivity contribution in [2.24, 2.45) is 5.92 Å². The Morgan fingerprint density at radius 3 is 2.97 bits per heavy atom. The van der Waals surface area contributed by atoms with Crippen molar-refractivity contribution in [3.05, 3.63) is 35.7 Å². The fraction of sp³-hybridized carbons (Fsp3) is 0.609. The molecular weight excluding hydrogens is 416 g/mol. The third kappa shape index (κ3) is 5.02. The van der Waals surface area contributed by atoms with E-state index in [9.17, 15) is 13.6 Å². The van der Waals surface area contributed by atoms with Crippen LogP contribution in [0.25, 0.3) is 0 Å². The Bertz CT molecular complexity index is 935. The summed E-state index contributed by atoms with van der Waals surface area (Å²) >= 11 is 0. The van der Waals surface area contributed by atoms with E-state index in [0.29, 0.717) is 38.5 Å². The van der Waals surface area contributed by atoms with Crippen molar-refractivity contribution in [3.8, 4) is 5.75 Å². The van der Waals surface area contributed by atoms with Crippen molar-refractivity contribution in [3.63, 3.8) is 0 Å². The van der Waals surface area contributed by atoms with Gasteiger partial charge in [-0.15, -0.1) is 0 Å². The first-order valence-electron chi connectivity index (χ1n) is 11.3. The zero-order valence-corrected chi connectivity index (χ0v) is 18.6. The van der Waals surface area contributed by atoms with E-state index in [-0.39, 0.29) is 24.3 Å². The molecule has 0 saturated carbocycles. The average Bonchev–Trinajstić information content (AvgIpc) is 3.25. The minimum atomic E-state index is -2.50. The van der Waals surface area contributed by atoms with E-state index in [1.54, 1.807) is 0 Å². The summed E-state index contributed by atoms with van der Waals surface area (Å²) in [6, 6.07) is 4.93. The molecule has 1 N–H and O–H groups in total. The number of carbonyl (C=O) groups excluding carboxylic acids is 1. The molecule has 2 aromatic rings. The fourth-order valence-electron chi connectivity index (χ4n) is 4.79. The number of benzene rings is 1. The van der Waals surface area contributed by atoms with Crippen LogP contribution >= 0.6 is 0 Å². The Kier molecular flexibility index (Phi) is 6.91. The monoisotopic (exact) mass is 447 g/mol. The van der Waals surface area contributed by atoms with E-state index in [0.717, 1.165) is 24.2 Å². The van der Waals surface area contributed by atoms with Crippen LogP contribution in [0.5, 0.6) is 5.75 Å². The Balaban J connectivity index is 1.27. The molecule has 3 heterocycles. The molecule has 0 aliphatic carbocycles. The molecule has 2 aliphatic heterocycles. The number of likely N-dealkylation sites (tertiary alicyclic amines) is 1. The standard InChI is InChI=1S/C23H31F2N5O2/c1-15-7-8-20(16(2)11-15)32-10-4-6-21(31)29-9-3-5-17(13-29)18-12-19(22(24)25)30-23(28-18)26-14-27-30/h7-8,11,14,17-19,22H,3-6,9-10,12-13H2,1-2H3,(H,26,27,28)/t17?,18-,19+/m0/s1. The van der Waals surface area contributed by atoms with Gasteiger partial charge >= 0.3 is 0 Å². The van der Waals surface area contributed by atoms with Crippen LogP contribution in [0.4, 0.5) is 14.7 Å². The number of hydrogen-bond acceptors (Lipinski definition) is 5. The maximum absolute atomic E-state index is 13.6. The Labute approximate surface area is 187 Å². The van der Waals surface area contributed by atoms with E-state index in [1.165, 1.54) is 16.6 Å². The summed E-state index contributed by atoms with van der Waals surface area (Å²) in [5, 5.41) is 7.21. The van der Waals surface area contributed by atoms with E-state index in [1.807, 2.05) is 30.9 Å². The Morgan fingerprint density at radius 2 is 2.19 bits per heavy atom. The summed E-state index contributed by atoms with van der Waals surface area (Å²) in [6.07, 6.45) is 1.93. The molecule has 4 rings (SSSR count). The molecule has 1 aromatic carbocycles. The van der Waals surface area contributed by atoms with Gasteiger partial charge in [0.05, 0.1) is 6.61 Å². The molecule has 3 atom stereocenters. The highest BCUT2D eigenvalue weighted by molar-refractivity contribution is 5.76. The number of anilines is 1. The van der Waals surface area contributed by atoms with Crippen molar-refractivity contribution in [1.82, 2.24) is 19.7 Å². The molecule has 32 heavy (non-hydrogen) atoms. The highest BCUT2D eigenvalue weighted by Crippen LogP contribution is 2.35. The van der Waals surface area contributed by atoms with E-state index < -0.39 is 12.5 Å². The average molecular weight is 448 g/mol. The summed E-state index contributed by atoms with van der Waals surface area (Å²) in [5.41, 5.74) is 2.28. The van der Waals surface area contributed by atoms with E-state index in [4.69, 9.17) is 4.74 Å². The maximum Gasteiger partial charge on any atom is 0.260 e. The van der Waals surface area contributed by atoms with Gasteiger partial charge in [0.2, 0.25) is 11.9 Å². The number of ether oxygens (including phenoxy) is 1. The molecule has 1 saturated heterocycles. The van der Waals surface area contributed by atoms with Gasteiger partial charge < -0.3 is 15.0 Å². The number of halogens is 2. The predicted molar refractivity (Wildman–Crippen MR) is 117 cm³/mol. The SMILES string of the molecule is Cc1ccc(OCCCC(=O)N2CCCC([C@@H]3C[C@H](C(F)F)n4ncnc4N3)C2)c(C)c1. The van der Waals surface area contributed by atoms with Gasteiger partial charge in [-0.3, -0.25) is 4.79 Å². The van der Waals surface area contributed by atoms with E-state index >= 15 is 0 Å². The Hall–Kier alpha value is -2.71. The number of piperidine rings is 1. The third-order valence-corrected chi connectivity index (χ3v) is 6.49. The second-order valence-corrected chi connectivity index (χ2v) is 8.88. The Morgan fingerprint density at radius 1 is 1.34 bits per heavy atom. The largest absolute Gasteiger partial charge is 0.493 e. The minimum Gasteiger partial charge on any atom is -0.493 e. The summed E-state index contributed by atoms with van der Waals surface area (Å²) in [4.78, 5) is 18.7. The zero-order chi connectivity index (χ0) is 22.7. The number of nitrogens with one attached hydrogen (secondary N) is 1. The number of amides is 1. The van der Waals surface area contributed by atoms with Crippen LogP contribution in [-0.2, 0) is 4.79 Å². The van der Waals surface area contributed by atoms with Gasteiger partial charge in [0.1, 0.15) is 18.1 Å². The lowest BCUT2D eigenvalue weighted by atomic mass is 9.86. The molecule has 1 fully saturated rings. The molecule has 7 nitrogen and oxygen atoms in total. The molecule has 0 bridgehead atoms. The maximum atomic E-state index is 13.6. The van der Waals surface area contributed by atoms with Gasteiger partial charge in [-0.05, 0) is 57.1 Å².